The molecule has 9 nitrogen and oxygen atoms in total. The summed E-state index contributed by atoms with van der Waals surface area (Å²) in [7, 11) is 1.45. The number of rotatable bonds is 5. The number of thiophene rings is 1. The van der Waals surface area contributed by atoms with Crippen molar-refractivity contribution in [1.82, 2.24) is 25.3 Å². The number of aromatic nitrogens is 3. The van der Waals surface area contributed by atoms with Crippen LogP contribution in [0.3, 0.4) is 0 Å². The summed E-state index contributed by atoms with van der Waals surface area (Å²) in [6, 6.07) is 5.14. The molecule has 0 fully saturated rings. The van der Waals surface area contributed by atoms with Gasteiger partial charge in [0.2, 0.25) is 0 Å². The minimum atomic E-state index is -0.343. The van der Waals surface area contributed by atoms with Gasteiger partial charge >= 0.3 is 0 Å². The van der Waals surface area contributed by atoms with E-state index in [1.54, 1.807) is 4.57 Å². The van der Waals surface area contributed by atoms with Gasteiger partial charge in [0.1, 0.15) is 11.3 Å². The summed E-state index contributed by atoms with van der Waals surface area (Å²) in [6.45, 7) is 1.97. The van der Waals surface area contributed by atoms with Crippen LogP contribution < -0.4 is 20.9 Å². The Kier molecular flexibility index (Phi) is 5.22. The van der Waals surface area contributed by atoms with Crippen molar-refractivity contribution in [3.05, 3.63) is 51.0 Å². The highest BCUT2D eigenvalue weighted by atomic mass is 32.1. The fourth-order valence-electron chi connectivity index (χ4n) is 3.18. The number of methoxy groups -OCH3 is 1. The Balaban J connectivity index is 1.57. The molecule has 2 N–H and O–H groups in total. The van der Waals surface area contributed by atoms with E-state index in [9.17, 15) is 9.59 Å². The van der Waals surface area contributed by atoms with Crippen LogP contribution in [0, 0.1) is 0 Å². The molecule has 4 heterocycles. The maximum absolute atomic E-state index is 12.9. The summed E-state index contributed by atoms with van der Waals surface area (Å²) in [6.07, 6.45) is 0.555. The Morgan fingerprint density at radius 1 is 1.46 bits per heavy atom. The lowest BCUT2D eigenvalue weighted by molar-refractivity contribution is 0.0944. The number of pyridine rings is 1. The molecule has 0 bridgehead atoms. The number of fused-ring (bicyclic) bond motifs is 1. The van der Waals surface area contributed by atoms with Gasteiger partial charge in [-0.05, 0) is 11.4 Å². The van der Waals surface area contributed by atoms with Gasteiger partial charge in [0.05, 0.1) is 18.5 Å². The summed E-state index contributed by atoms with van der Waals surface area (Å²) < 4.78 is 12.2. The average Bonchev–Trinajstić information content (AvgIpc) is 3.33. The summed E-state index contributed by atoms with van der Waals surface area (Å²) in [5, 5.41) is 11.9. The van der Waals surface area contributed by atoms with Gasteiger partial charge in [-0.3, -0.25) is 9.59 Å². The zero-order valence-corrected chi connectivity index (χ0v) is 16.0. The minimum Gasteiger partial charge on any atom is -0.496 e. The fourth-order valence-corrected chi connectivity index (χ4v) is 3.82. The van der Waals surface area contributed by atoms with Crippen molar-refractivity contribution in [3.63, 3.8) is 0 Å². The Hall–Kier alpha value is -2.98. The average molecular weight is 401 g/mol. The second kappa shape index (κ2) is 7.95. The van der Waals surface area contributed by atoms with E-state index in [0.717, 1.165) is 4.88 Å². The van der Waals surface area contributed by atoms with E-state index in [1.807, 2.05) is 17.5 Å². The molecule has 1 aliphatic rings. The molecule has 0 saturated heterocycles. The molecule has 1 aliphatic heterocycles. The van der Waals surface area contributed by atoms with Crippen LogP contribution in [0.2, 0.25) is 0 Å². The third kappa shape index (κ3) is 3.56. The molecule has 3 aromatic rings. The van der Waals surface area contributed by atoms with Crippen LogP contribution >= 0.6 is 11.3 Å². The van der Waals surface area contributed by atoms with Crippen LogP contribution in [0.1, 0.15) is 21.9 Å². The molecule has 4 rings (SSSR count). The van der Waals surface area contributed by atoms with Crippen molar-refractivity contribution >= 4 is 17.2 Å². The van der Waals surface area contributed by atoms with E-state index in [4.69, 9.17) is 9.26 Å². The first kappa shape index (κ1) is 18.4. The number of hydrogen-bond acceptors (Lipinski definition) is 8. The van der Waals surface area contributed by atoms with Crippen molar-refractivity contribution in [2.75, 3.05) is 20.2 Å². The van der Waals surface area contributed by atoms with Gasteiger partial charge in [0, 0.05) is 37.8 Å². The third-order valence-corrected chi connectivity index (χ3v) is 5.34. The SMILES string of the molecule is COc1cc(=O)n2c(c1C(=O)NCc1noc(-c3cccs3)n1)CCNCC2. The van der Waals surface area contributed by atoms with Crippen LogP contribution in [0.5, 0.6) is 5.75 Å². The molecule has 10 heteroatoms. The van der Waals surface area contributed by atoms with Crippen molar-refractivity contribution in [2.45, 2.75) is 19.5 Å². The number of carbonyl (C=O) groups excluding carboxylic acids is 1. The van der Waals surface area contributed by atoms with Crippen LogP contribution in [-0.2, 0) is 19.5 Å². The molecule has 28 heavy (non-hydrogen) atoms. The standard InChI is InChI=1S/C18H19N5O4S/c1-26-12-9-15(24)23-7-6-19-5-4-11(23)16(12)17(25)20-10-14-21-18(27-22-14)13-3-2-8-28-13/h2-3,8-9,19H,4-7,10H2,1H3,(H,20,25). The maximum atomic E-state index is 12.9. The fraction of sp³-hybridized carbons (Fsp3) is 0.333. The smallest absolute Gasteiger partial charge is 0.268 e. The highest BCUT2D eigenvalue weighted by Gasteiger charge is 2.23. The monoisotopic (exact) mass is 401 g/mol. The molecule has 0 saturated carbocycles. The predicted octanol–water partition coefficient (Wildman–Crippen LogP) is 1.04. The lowest BCUT2D eigenvalue weighted by Crippen LogP contribution is -2.31. The zero-order chi connectivity index (χ0) is 19.5. The third-order valence-electron chi connectivity index (χ3n) is 4.49. The molecule has 146 valence electrons. The lowest BCUT2D eigenvalue weighted by atomic mass is 10.1. The summed E-state index contributed by atoms with van der Waals surface area (Å²) in [4.78, 5) is 30.4. The first-order valence-electron chi connectivity index (χ1n) is 8.83. The highest BCUT2D eigenvalue weighted by Crippen LogP contribution is 2.23. The molecule has 0 aliphatic carbocycles. The van der Waals surface area contributed by atoms with Gasteiger partial charge in [0.15, 0.2) is 5.82 Å². The van der Waals surface area contributed by atoms with Gasteiger partial charge in [-0.2, -0.15) is 4.98 Å². The van der Waals surface area contributed by atoms with E-state index < -0.39 is 0 Å². The van der Waals surface area contributed by atoms with E-state index in [1.165, 1.54) is 24.5 Å². The van der Waals surface area contributed by atoms with E-state index in [0.29, 0.717) is 49.0 Å². The number of nitrogens with one attached hydrogen (secondary N) is 2. The quantitative estimate of drug-likeness (QED) is 0.657. The van der Waals surface area contributed by atoms with E-state index in [2.05, 4.69) is 20.8 Å². The van der Waals surface area contributed by atoms with Gasteiger partial charge < -0.3 is 24.5 Å². The Labute approximate surface area is 164 Å². The van der Waals surface area contributed by atoms with Crippen molar-refractivity contribution in [1.29, 1.82) is 0 Å². The van der Waals surface area contributed by atoms with Gasteiger partial charge in [-0.15, -0.1) is 11.3 Å². The molecule has 0 spiro atoms. The predicted molar refractivity (Wildman–Crippen MR) is 103 cm³/mol. The Morgan fingerprint density at radius 3 is 3.14 bits per heavy atom. The molecular weight excluding hydrogens is 382 g/mol. The normalized spacial score (nSPS) is 13.6. The summed E-state index contributed by atoms with van der Waals surface area (Å²) in [5.41, 5.74) is 0.859. The van der Waals surface area contributed by atoms with Gasteiger partial charge in [-0.25, -0.2) is 0 Å². The molecule has 0 radical (unpaired) electrons. The Morgan fingerprint density at radius 2 is 2.36 bits per heavy atom. The zero-order valence-electron chi connectivity index (χ0n) is 15.2. The lowest BCUT2D eigenvalue weighted by Gasteiger charge is -2.16. The number of hydrogen-bond donors (Lipinski definition) is 2. The summed E-state index contributed by atoms with van der Waals surface area (Å²) in [5.74, 6) is 0.715. The molecular formula is C18H19N5O4S. The number of amides is 1. The largest absolute Gasteiger partial charge is 0.496 e. The molecule has 0 aromatic carbocycles. The molecule has 1 amide bonds. The molecule has 0 unspecified atom stereocenters. The van der Waals surface area contributed by atoms with Crippen LogP contribution in [0.25, 0.3) is 10.8 Å². The number of nitrogens with zero attached hydrogens (tertiary/aromatic N) is 3. The maximum Gasteiger partial charge on any atom is 0.268 e. The molecule has 3 aromatic heterocycles. The van der Waals surface area contributed by atoms with Crippen molar-refractivity contribution in [2.24, 2.45) is 0 Å². The molecule has 0 atom stereocenters. The van der Waals surface area contributed by atoms with Crippen molar-refractivity contribution < 1.29 is 14.1 Å². The van der Waals surface area contributed by atoms with E-state index in [-0.39, 0.29) is 23.8 Å². The Bertz CT molecular complexity index is 1040. The van der Waals surface area contributed by atoms with Crippen molar-refractivity contribution in [3.8, 4) is 16.5 Å². The van der Waals surface area contributed by atoms with Crippen LogP contribution in [0.4, 0.5) is 0 Å². The van der Waals surface area contributed by atoms with Crippen LogP contribution in [-0.4, -0.2) is 40.8 Å². The topological polar surface area (TPSA) is 111 Å². The van der Waals surface area contributed by atoms with Gasteiger partial charge in [-0.1, -0.05) is 11.2 Å². The highest BCUT2D eigenvalue weighted by molar-refractivity contribution is 7.13. The van der Waals surface area contributed by atoms with E-state index >= 15 is 0 Å². The number of carbonyl (C=O) groups is 1. The van der Waals surface area contributed by atoms with Crippen LogP contribution in [0.15, 0.2) is 32.9 Å². The summed E-state index contributed by atoms with van der Waals surface area (Å²) >= 11 is 1.50. The van der Waals surface area contributed by atoms with Gasteiger partial charge in [0.25, 0.3) is 17.4 Å². The second-order valence-corrected chi connectivity index (χ2v) is 7.15. The minimum absolute atomic E-state index is 0.105. The first-order chi connectivity index (χ1) is 13.7. The first-order valence-corrected chi connectivity index (χ1v) is 9.71. The number of ether oxygens (including phenoxy) is 1. The second-order valence-electron chi connectivity index (χ2n) is 6.20.